The van der Waals surface area contributed by atoms with Crippen LogP contribution >= 0.6 is 11.6 Å². The number of ether oxygens (including phenoxy) is 1. The van der Waals surface area contributed by atoms with E-state index in [1.165, 1.54) is 12.3 Å². The normalized spacial score (nSPS) is 18.0. The number of nitrogens with zero attached hydrogens (tertiary/aromatic N) is 1. The topological polar surface area (TPSA) is 63.2 Å². The molecule has 1 aliphatic rings. The maximum atomic E-state index is 12.1. The van der Waals surface area contributed by atoms with E-state index < -0.39 is 0 Å². The number of benzene rings is 1. The fourth-order valence-electron chi connectivity index (χ4n) is 2.31. The second kappa shape index (κ2) is 6.87. The van der Waals surface area contributed by atoms with Crippen molar-refractivity contribution in [2.75, 3.05) is 25.0 Å². The lowest BCUT2D eigenvalue weighted by atomic mass is 10.1. The van der Waals surface area contributed by atoms with E-state index in [0.29, 0.717) is 17.3 Å². The fraction of sp³-hybridized carbons (Fsp3) is 0.250. The van der Waals surface area contributed by atoms with Crippen LogP contribution in [0.5, 0.6) is 0 Å². The van der Waals surface area contributed by atoms with Gasteiger partial charge >= 0.3 is 0 Å². The highest BCUT2D eigenvalue weighted by molar-refractivity contribution is 6.29. The molecule has 1 aliphatic heterocycles. The monoisotopic (exact) mass is 317 g/mol. The van der Waals surface area contributed by atoms with E-state index in [2.05, 4.69) is 15.6 Å². The fourth-order valence-corrected chi connectivity index (χ4v) is 2.48. The second-order valence-electron chi connectivity index (χ2n) is 5.01. The molecule has 2 heterocycles. The zero-order valence-corrected chi connectivity index (χ0v) is 12.6. The summed E-state index contributed by atoms with van der Waals surface area (Å²) in [4.78, 5) is 16.0. The smallest absolute Gasteiger partial charge is 0.255 e. The molecule has 114 valence electrons. The molecule has 6 heteroatoms. The first kappa shape index (κ1) is 15.0. The van der Waals surface area contributed by atoms with Crippen molar-refractivity contribution in [3.8, 4) is 0 Å². The highest BCUT2D eigenvalue weighted by atomic mass is 35.5. The number of rotatable bonds is 3. The van der Waals surface area contributed by atoms with Gasteiger partial charge in [0.2, 0.25) is 0 Å². The van der Waals surface area contributed by atoms with Crippen LogP contribution in [0.1, 0.15) is 22.0 Å². The molecule has 0 aliphatic carbocycles. The first-order valence-electron chi connectivity index (χ1n) is 7.07. The summed E-state index contributed by atoms with van der Waals surface area (Å²) >= 11 is 5.79. The van der Waals surface area contributed by atoms with Crippen LogP contribution < -0.4 is 10.6 Å². The number of halogens is 1. The molecule has 1 atom stereocenters. The van der Waals surface area contributed by atoms with Crippen LogP contribution in [0.2, 0.25) is 5.15 Å². The van der Waals surface area contributed by atoms with Gasteiger partial charge in [0, 0.05) is 30.5 Å². The van der Waals surface area contributed by atoms with Crippen LogP contribution in [0.15, 0.2) is 42.6 Å². The van der Waals surface area contributed by atoms with Gasteiger partial charge in [-0.25, -0.2) is 4.98 Å². The van der Waals surface area contributed by atoms with Crippen molar-refractivity contribution in [2.45, 2.75) is 6.10 Å². The summed E-state index contributed by atoms with van der Waals surface area (Å²) in [7, 11) is 0. The van der Waals surface area contributed by atoms with Crippen molar-refractivity contribution in [3.05, 3.63) is 58.9 Å². The van der Waals surface area contributed by atoms with Gasteiger partial charge in [0.15, 0.2) is 0 Å². The van der Waals surface area contributed by atoms with Gasteiger partial charge in [-0.05, 0) is 29.8 Å². The van der Waals surface area contributed by atoms with E-state index in [-0.39, 0.29) is 12.0 Å². The van der Waals surface area contributed by atoms with Gasteiger partial charge in [-0.3, -0.25) is 4.79 Å². The van der Waals surface area contributed by atoms with Crippen LogP contribution in [0.4, 0.5) is 5.69 Å². The van der Waals surface area contributed by atoms with E-state index in [1.54, 1.807) is 6.07 Å². The minimum absolute atomic E-state index is 0.0671. The molecule has 5 nitrogen and oxygen atoms in total. The highest BCUT2D eigenvalue weighted by Crippen LogP contribution is 2.21. The van der Waals surface area contributed by atoms with Gasteiger partial charge in [-0.15, -0.1) is 0 Å². The molecule has 22 heavy (non-hydrogen) atoms. The maximum Gasteiger partial charge on any atom is 0.255 e. The van der Waals surface area contributed by atoms with Crippen LogP contribution in [0, 0.1) is 0 Å². The number of pyridine rings is 1. The minimum Gasteiger partial charge on any atom is -0.371 e. The molecule has 0 unspecified atom stereocenters. The molecular weight excluding hydrogens is 302 g/mol. The van der Waals surface area contributed by atoms with Crippen molar-refractivity contribution in [1.82, 2.24) is 10.3 Å². The summed E-state index contributed by atoms with van der Waals surface area (Å²) in [6.07, 6.45) is 1.57. The van der Waals surface area contributed by atoms with Crippen molar-refractivity contribution >= 4 is 23.2 Å². The van der Waals surface area contributed by atoms with Crippen molar-refractivity contribution in [3.63, 3.8) is 0 Å². The second-order valence-corrected chi connectivity index (χ2v) is 5.39. The van der Waals surface area contributed by atoms with Gasteiger partial charge < -0.3 is 15.4 Å². The Morgan fingerprint density at radius 2 is 2.14 bits per heavy atom. The van der Waals surface area contributed by atoms with Gasteiger partial charge in [-0.1, -0.05) is 23.7 Å². The largest absolute Gasteiger partial charge is 0.371 e. The summed E-state index contributed by atoms with van der Waals surface area (Å²) in [5.74, 6) is -0.215. The summed E-state index contributed by atoms with van der Waals surface area (Å²) in [5.41, 5.74) is 2.30. The Balaban J connectivity index is 1.66. The molecule has 1 aromatic carbocycles. The number of aromatic nitrogens is 1. The summed E-state index contributed by atoms with van der Waals surface area (Å²) < 4.78 is 5.70. The van der Waals surface area contributed by atoms with Crippen LogP contribution in [-0.2, 0) is 4.74 Å². The Morgan fingerprint density at radius 1 is 1.32 bits per heavy atom. The average Bonchev–Trinajstić information content (AvgIpc) is 2.56. The molecular formula is C16H16ClN3O2. The lowest BCUT2D eigenvalue weighted by molar-refractivity contribution is 0.0277. The minimum atomic E-state index is -0.215. The number of anilines is 1. The molecule has 0 bridgehead atoms. The van der Waals surface area contributed by atoms with Crippen molar-refractivity contribution in [2.24, 2.45) is 0 Å². The molecule has 1 amide bonds. The first-order valence-corrected chi connectivity index (χ1v) is 7.45. The zero-order chi connectivity index (χ0) is 15.4. The number of hydrogen-bond donors (Lipinski definition) is 2. The van der Waals surface area contributed by atoms with Crippen molar-refractivity contribution < 1.29 is 9.53 Å². The van der Waals surface area contributed by atoms with E-state index in [1.807, 2.05) is 24.3 Å². The van der Waals surface area contributed by atoms with Crippen LogP contribution in [-0.4, -0.2) is 30.6 Å². The van der Waals surface area contributed by atoms with Crippen LogP contribution in [0.25, 0.3) is 0 Å². The third-order valence-corrected chi connectivity index (χ3v) is 3.66. The molecule has 2 aromatic rings. The molecule has 3 rings (SSSR count). The molecule has 1 saturated heterocycles. The van der Waals surface area contributed by atoms with Gasteiger partial charge in [0.05, 0.1) is 12.7 Å². The quantitative estimate of drug-likeness (QED) is 0.854. The van der Waals surface area contributed by atoms with Gasteiger partial charge in [-0.2, -0.15) is 0 Å². The summed E-state index contributed by atoms with van der Waals surface area (Å²) in [6.45, 7) is 2.41. The van der Waals surface area contributed by atoms with E-state index in [9.17, 15) is 4.79 Å². The Kier molecular flexibility index (Phi) is 4.68. The highest BCUT2D eigenvalue weighted by Gasteiger charge is 2.15. The molecule has 0 saturated carbocycles. The number of nitrogens with one attached hydrogen (secondary N) is 2. The standard InChI is InChI=1S/C16H16ClN3O2/c17-15-9-12(5-6-19-15)16(21)20-13-3-1-11(2-4-13)14-10-18-7-8-22-14/h1-6,9,14,18H,7-8,10H2,(H,20,21)/t14-/m1/s1. The summed E-state index contributed by atoms with van der Waals surface area (Å²) in [5, 5.41) is 6.42. The Morgan fingerprint density at radius 3 is 2.82 bits per heavy atom. The Bertz CT molecular complexity index is 655. The number of morpholine rings is 1. The number of carbonyl (C=O) groups is 1. The van der Waals surface area contributed by atoms with E-state index in [4.69, 9.17) is 16.3 Å². The Labute approximate surface area is 133 Å². The van der Waals surface area contributed by atoms with E-state index >= 15 is 0 Å². The predicted molar refractivity (Wildman–Crippen MR) is 85.2 cm³/mol. The molecule has 2 N–H and O–H groups in total. The number of amides is 1. The zero-order valence-electron chi connectivity index (χ0n) is 11.9. The van der Waals surface area contributed by atoms with Gasteiger partial charge in [0.25, 0.3) is 5.91 Å². The van der Waals surface area contributed by atoms with Gasteiger partial charge in [0.1, 0.15) is 5.15 Å². The number of hydrogen-bond acceptors (Lipinski definition) is 4. The third-order valence-electron chi connectivity index (χ3n) is 3.46. The molecule has 0 spiro atoms. The maximum absolute atomic E-state index is 12.1. The third kappa shape index (κ3) is 3.62. The lowest BCUT2D eigenvalue weighted by Gasteiger charge is -2.24. The first-order chi connectivity index (χ1) is 10.7. The predicted octanol–water partition coefficient (Wildman–Crippen LogP) is 2.65. The van der Waals surface area contributed by atoms with Crippen LogP contribution in [0.3, 0.4) is 0 Å². The molecule has 1 aromatic heterocycles. The molecule has 1 fully saturated rings. The SMILES string of the molecule is O=C(Nc1ccc([C@H]2CNCCO2)cc1)c1ccnc(Cl)c1. The van der Waals surface area contributed by atoms with E-state index in [0.717, 1.165) is 24.3 Å². The Hall–Kier alpha value is -1.95. The summed E-state index contributed by atoms with van der Waals surface area (Å²) in [6, 6.07) is 10.8. The van der Waals surface area contributed by atoms with Crippen molar-refractivity contribution in [1.29, 1.82) is 0 Å². The lowest BCUT2D eigenvalue weighted by Crippen LogP contribution is -2.33. The number of carbonyl (C=O) groups excluding carboxylic acids is 1. The molecule has 0 radical (unpaired) electrons. The average molecular weight is 318 g/mol.